The number of carbonyl (C=O) groups excluding carboxylic acids is 2. The van der Waals surface area contributed by atoms with Gasteiger partial charge in [-0.3, -0.25) is 9.59 Å². The van der Waals surface area contributed by atoms with Gasteiger partial charge in [-0.05, 0) is 48.8 Å². The molecule has 1 fully saturated rings. The molecule has 162 valence electrons. The molecule has 0 amide bonds. The molecule has 0 aromatic heterocycles. The van der Waals surface area contributed by atoms with E-state index in [2.05, 4.69) is 9.85 Å². The Balaban J connectivity index is 2.76. The number of aliphatic hydroxyl groups is 1. The molecule has 5 heteroatoms. The molecule has 1 heterocycles. The van der Waals surface area contributed by atoms with Gasteiger partial charge in [-0.25, -0.2) is 0 Å². The Morgan fingerprint density at radius 2 is 2.52 bits per heavy atom. The van der Waals surface area contributed by atoms with Gasteiger partial charge < -0.3 is 14.6 Å². The van der Waals surface area contributed by atoms with E-state index in [1.165, 1.54) is 0 Å². The fourth-order valence-corrected chi connectivity index (χ4v) is 2.48. The monoisotopic (exact) mass is 436 g/mol. The number of hydrogen-bond donors (Lipinski definition) is 1. The van der Waals surface area contributed by atoms with Crippen molar-refractivity contribution in [2.24, 2.45) is 29.5 Å². The highest BCUT2D eigenvalue weighted by molar-refractivity contribution is 5.72. The topological polar surface area (TPSA) is 72.8 Å². The molecule has 0 spiro atoms. The van der Waals surface area contributed by atoms with Crippen molar-refractivity contribution in [1.82, 2.24) is 0 Å². The lowest BCUT2D eigenvalue weighted by atomic mass is 9.65. The lowest BCUT2D eigenvalue weighted by molar-refractivity contribution is -0.162. The molecule has 5 nitrogen and oxygen atoms in total. The van der Waals surface area contributed by atoms with Gasteiger partial charge in [0, 0.05) is 50.6 Å². The number of rotatable bonds is 7. The van der Waals surface area contributed by atoms with Crippen LogP contribution in [0.25, 0.3) is 0 Å². The van der Waals surface area contributed by atoms with E-state index in [4.69, 9.17) is 43.2 Å². The molecule has 0 aromatic rings. The van der Waals surface area contributed by atoms with Crippen molar-refractivity contribution in [3.63, 3.8) is 0 Å². The van der Waals surface area contributed by atoms with Crippen LogP contribution in [0, 0.1) is 29.5 Å². The van der Waals surface area contributed by atoms with Crippen LogP contribution in [-0.2, 0) is 19.1 Å². The minimum Gasteiger partial charge on any atom is -0.462 e. The van der Waals surface area contributed by atoms with E-state index in [1.807, 2.05) is 0 Å². The maximum Gasteiger partial charge on any atom is 0.308 e. The van der Waals surface area contributed by atoms with Crippen molar-refractivity contribution >= 4 is 11.9 Å². The Morgan fingerprint density at radius 3 is 3.28 bits per heavy atom. The van der Waals surface area contributed by atoms with E-state index >= 15 is 0 Å². The second-order valence-electron chi connectivity index (χ2n) is 5.62. The standard InChI is InChI=1S/C24H36O5/c1-5-15(3)24(27)29-21-11-14(2)10-17-7-6-16(4)20(23(17)21)9-8-19-12-18(25)13-22(26)28-19/h6-7,10,14-16,18-21,23,25H,5,8-9,11-13H2,1-4H3/t14-,15-,16-,18+,19?,20-,21?,23-/m0/s1/i1D3,2D3,3D3,4D3,5D2,6D,7D,8D2,9D2,10D,11D2,12D2,13D2,14D,15D,16D,23D,25D. The van der Waals surface area contributed by atoms with Gasteiger partial charge in [0.25, 0.3) is 0 Å². The minimum absolute atomic E-state index is 1.99. The van der Waals surface area contributed by atoms with Crippen LogP contribution < -0.4 is 0 Å². The zero-order chi connectivity index (χ0) is 48.9. The van der Waals surface area contributed by atoms with Crippen molar-refractivity contribution in [3.8, 4) is 0 Å². The van der Waals surface area contributed by atoms with Crippen LogP contribution in [-0.4, -0.2) is 36.8 Å². The molecule has 1 N–H and O–H groups in total. The van der Waals surface area contributed by atoms with E-state index in [1.54, 1.807) is 0 Å². The number of esters is 2. The lowest BCUT2D eigenvalue weighted by Crippen LogP contribution is -2.42. The van der Waals surface area contributed by atoms with Crippen LogP contribution in [0.4, 0.5) is 0 Å². The van der Waals surface area contributed by atoms with Gasteiger partial charge in [0.05, 0.1) is 22.5 Å². The molecule has 3 aliphatic rings. The second kappa shape index (κ2) is 9.46. The minimum atomic E-state index is -4.86. The van der Waals surface area contributed by atoms with Gasteiger partial charge in [-0.15, -0.1) is 0 Å². The normalized spacial score (nSPS) is 72.2. The average Bonchev–Trinajstić information content (AvgIpc) is 3.03. The molecule has 3 rings (SSSR count). The molecule has 0 aromatic carbocycles. The molecule has 1 aliphatic heterocycles. The quantitative estimate of drug-likeness (QED) is 0.606. The fraction of sp³-hybridized carbons (Fsp3) is 0.750. The maximum absolute atomic E-state index is 14.1. The highest BCUT2D eigenvalue weighted by atomic mass is 16.5. The fourth-order valence-electron chi connectivity index (χ4n) is 2.48. The molecule has 0 saturated carbocycles. The van der Waals surface area contributed by atoms with Crippen LogP contribution in [0.5, 0.6) is 0 Å². The van der Waals surface area contributed by atoms with Crippen LogP contribution in [0.2, 0.25) is 0 Å². The van der Waals surface area contributed by atoms with Crippen molar-refractivity contribution in [3.05, 3.63) is 23.7 Å². The number of ether oxygens (including phenoxy) is 2. The summed E-state index contributed by atoms with van der Waals surface area (Å²) in [6.07, 6.45) is -37.1. The summed E-state index contributed by atoms with van der Waals surface area (Å²) >= 11 is 0. The zero-order valence-corrected chi connectivity index (χ0v) is 14.4. The summed E-state index contributed by atoms with van der Waals surface area (Å²) in [5.41, 5.74) is -2.01. The smallest absolute Gasteiger partial charge is 0.308 e. The molecular weight excluding hydrogens is 368 g/mol. The van der Waals surface area contributed by atoms with E-state index < -0.39 is 149 Å². The molecule has 0 radical (unpaired) electrons. The number of fused-ring (bicyclic) bond motifs is 1. The van der Waals surface area contributed by atoms with Gasteiger partial charge in [0.15, 0.2) is 0 Å². The Bertz CT molecular complexity index is 1870. The highest BCUT2D eigenvalue weighted by Crippen LogP contribution is 2.45. The molecule has 0 bridgehead atoms. The summed E-state index contributed by atoms with van der Waals surface area (Å²) in [5.74, 6) is -27.7. The van der Waals surface area contributed by atoms with Gasteiger partial charge in [0.1, 0.15) is 12.2 Å². The molecule has 2 aliphatic carbocycles. The van der Waals surface area contributed by atoms with Crippen molar-refractivity contribution < 1.29 is 66.7 Å². The summed E-state index contributed by atoms with van der Waals surface area (Å²) in [6.45, 7) is -17.6. The van der Waals surface area contributed by atoms with Gasteiger partial charge >= 0.3 is 11.9 Å². The van der Waals surface area contributed by atoms with E-state index in [0.717, 1.165) is 0 Å². The first-order valence-corrected chi connectivity index (χ1v) is 7.87. The number of aliphatic hydroxyl groups excluding tert-OH is 1. The number of allylic oxidation sites excluding steroid dienone is 3. The van der Waals surface area contributed by atoms with E-state index in [0.29, 0.717) is 0 Å². The van der Waals surface area contributed by atoms with E-state index in [9.17, 15) is 15.1 Å². The molecule has 8 atom stereocenters. The molecule has 2 unspecified atom stereocenters. The number of carbonyl (C=O) groups is 2. The van der Waals surface area contributed by atoms with Gasteiger partial charge in [-0.2, -0.15) is 0 Å². The van der Waals surface area contributed by atoms with Crippen LogP contribution in [0.15, 0.2) is 23.7 Å². The Kier molecular flexibility index (Phi) is 1.65. The molecule has 1 saturated heterocycles. The summed E-state index contributed by atoms with van der Waals surface area (Å²) in [4.78, 5) is 26.9. The van der Waals surface area contributed by atoms with E-state index in [-0.39, 0.29) is 0 Å². The summed E-state index contributed by atoms with van der Waals surface area (Å²) in [5, 5.41) is 4.01. The third kappa shape index (κ3) is 5.30. The predicted octanol–water partition coefficient (Wildman–Crippen LogP) is 4.20. The van der Waals surface area contributed by atoms with Crippen molar-refractivity contribution in [1.29, 1.82) is 1.43 Å². The SMILES string of the molecule is [2H]O[C@H]1C([2H])([2H])C(=O)OC(C([2H])([2H])C([2H])([2H])[C@H]2[C@@]([2H])(C([2H])([2H])[2H])C([2H])=C([2H])C3=C([2H])[C@]([2H])(C([2H])([2H])[2H])C([2H])([2H])C(OC(=O)[C@@]([2H])(C([2H])([2H])[2H])C([2H])([2H])C([2H])([2H])[2H])[C@@]32[2H])C1([2H])[2H]. The van der Waals surface area contributed by atoms with Crippen LogP contribution in [0.3, 0.4) is 0 Å². The molecule has 29 heavy (non-hydrogen) atoms. The first kappa shape index (κ1) is 5.06. The van der Waals surface area contributed by atoms with Gasteiger partial charge in [0.2, 0.25) is 1.43 Å². The Labute approximate surface area is 219 Å². The second-order valence-corrected chi connectivity index (χ2v) is 5.62. The van der Waals surface area contributed by atoms with Crippen molar-refractivity contribution in [2.75, 3.05) is 0 Å². The summed E-state index contributed by atoms with van der Waals surface area (Å²) < 4.78 is 277. The first-order valence-electron chi connectivity index (χ1n) is 23.8. The highest BCUT2D eigenvalue weighted by Gasteiger charge is 2.42. The lowest BCUT2D eigenvalue weighted by Gasteiger charge is -2.43. The predicted molar refractivity (Wildman–Crippen MR) is 111 cm³/mol. The Morgan fingerprint density at radius 1 is 1.59 bits per heavy atom. The Hall–Kier alpha value is -1.62. The largest absolute Gasteiger partial charge is 0.462 e. The zero-order valence-electron chi connectivity index (χ0n) is 46.4. The van der Waals surface area contributed by atoms with Crippen molar-refractivity contribution in [2.45, 2.75) is 84.0 Å². The summed E-state index contributed by atoms with van der Waals surface area (Å²) in [7, 11) is 0. The maximum atomic E-state index is 14.1. The van der Waals surface area contributed by atoms with Gasteiger partial charge in [-0.1, -0.05) is 45.6 Å². The third-order valence-corrected chi connectivity index (χ3v) is 3.71. The van der Waals surface area contributed by atoms with Crippen LogP contribution >= 0.6 is 0 Å². The first-order chi connectivity index (χ1) is 26.4. The number of cyclic esters (lactones) is 1. The summed E-state index contributed by atoms with van der Waals surface area (Å²) in [6, 6.07) is -6.23. The molecular formula is C24H36O5. The average molecular weight is 437 g/mol. The number of hydrogen-bond acceptors (Lipinski definition) is 5. The third-order valence-electron chi connectivity index (χ3n) is 3.71. The van der Waals surface area contributed by atoms with Crippen LogP contribution in [0.1, 0.15) is 108 Å².